The predicted octanol–water partition coefficient (Wildman–Crippen LogP) is 2.30. The van der Waals surface area contributed by atoms with E-state index in [9.17, 15) is 19.2 Å². The highest BCUT2D eigenvalue weighted by molar-refractivity contribution is 6.21. The first-order chi connectivity index (χ1) is 16.5. The van der Waals surface area contributed by atoms with Gasteiger partial charge in [-0.3, -0.25) is 14.4 Å². The van der Waals surface area contributed by atoms with Crippen LogP contribution in [-0.4, -0.2) is 61.0 Å². The Balaban J connectivity index is 1.82. The van der Waals surface area contributed by atoms with Crippen molar-refractivity contribution >= 4 is 34.5 Å². The quantitative estimate of drug-likeness (QED) is 0.490. The minimum absolute atomic E-state index is 0.0479. The smallest absolute Gasteiger partial charge is 0.408 e. The molecule has 0 spiro atoms. The van der Waals surface area contributed by atoms with Crippen LogP contribution in [0.3, 0.4) is 0 Å². The molecule has 0 bridgehead atoms. The van der Waals surface area contributed by atoms with Gasteiger partial charge in [-0.15, -0.1) is 0 Å². The van der Waals surface area contributed by atoms with E-state index in [1.165, 1.54) is 14.2 Å². The Bertz CT molecular complexity index is 1220. The number of hydrogen-bond acceptors (Lipinski definition) is 7. The molecule has 2 aromatic rings. The van der Waals surface area contributed by atoms with Crippen molar-refractivity contribution in [2.24, 2.45) is 0 Å². The second-order valence-electron chi connectivity index (χ2n) is 8.90. The van der Waals surface area contributed by atoms with E-state index in [4.69, 9.17) is 14.2 Å². The molecule has 3 N–H and O–H groups in total. The number of fused-ring (bicyclic) bond motifs is 1. The van der Waals surface area contributed by atoms with Crippen molar-refractivity contribution in [2.45, 2.75) is 38.8 Å². The fourth-order valence-electron chi connectivity index (χ4n) is 3.66. The molecule has 0 aliphatic heterocycles. The standard InChI is InChI=1S/C25H29N3O7/c1-25(2,3)35-24(32)28-18(10-14-12-26-17-9-7-6-8-15(14)17)23(31)27-13-16-21(30)20(33-4)11-19(29)22(16)34-5/h6-9,11-12,18,26H,10,13H2,1-5H3,(H,27,31)(H,28,32)/t18-/m0/s1. The molecule has 0 saturated carbocycles. The molecule has 1 aromatic heterocycles. The summed E-state index contributed by atoms with van der Waals surface area (Å²) < 4.78 is 15.4. The van der Waals surface area contributed by atoms with Gasteiger partial charge in [0.1, 0.15) is 11.6 Å². The van der Waals surface area contributed by atoms with Gasteiger partial charge in [0, 0.05) is 29.6 Å². The molecule has 10 heteroatoms. The average Bonchev–Trinajstić information content (AvgIpc) is 3.20. The fourth-order valence-corrected chi connectivity index (χ4v) is 3.66. The molecular weight excluding hydrogens is 454 g/mol. The number of rotatable bonds is 8. The van der Waals surface area contributed by atoms with E-state index in [1.54, 1.807) is 27.0 Å². The van der Waals surface area contributed by atoms with Crippen LogP contribution in [-0.2, 0) is 35.0 Å². The molecule has 0 saturated heterocycles. The van der Waals surface area contributed by atoms with Crippen LogP contribution in [0.1, 0.15) is 26.3 Å². The first kappa shape index (κ1) is 25.5. The number of aromatic nitrogens is 1. The molecular formula is C25H29N3O7. The van der Waals surface area contributed by atoms with Gasteiger partial charge in [0.2, 0.25) is 17.5 Å². The van der Waals surface area contributed by atoms with E-state index in [1.807, 2.05) is 24.3 Å². The van der Waals surface area contributed by atoms with Crippen LogP contribution in [0.5, 0.6) is 0 Å². The number of benzene rings is 1. The van der Waals surface area contributed by atoms with Gasteiger partial charge in [-0.05, 0) is 32.4 Å². The minimum atomic E-state index is -1.03. The predicted molar refractivity (Wildman–Crippen MR) is 127 cm³/mol. The molecule has 35 heavy (non-hydrogen) atoms. The Kier molecular flexibility index (Phi) is 7.63. The van der Waals surface area contributed by atoms with Gasteiger partial charge in [-0.25, -0.2) is 4.79 Å². The number of allylic oxidation sites excluding steroid dienone is 2. The molecule has 1 heterocycles. The molecule has 0 unspecified atom stereocenters. The molecule has 186 valence electrons. The highest BCUT2D eigenvalue weighted by Gasteiger charge is 2.32. The lowest BCUT2D eigenvalue weighted by atomic mass is 9.99. The number of ketones is 2. The number of amides is 2. The van der Waals surface area contributed by atoms with Gasteiger partial charge < -0.3 is 29.8 Å². The van der Waals surface area contributed by atoms with Gasteiger partial charge in [0.15, 0.2) is 11.5 Å². The third kappa shape index (κ3) is 6.08. The Labute approximate surface area is 202 Å². The first-order valence-corrected chi connectivity index (χ1v) is 11.0. The number of alkyl carbamates (subject to hydrolysis) is 1. The third-order valence-electron chi connectivity index (χ3n) is 5.23. The number of methoxy groups -OCH3 is 2. The van der Waals surface area contributed by atoms with Crippen LogP contribution < -0.4 is 10.6 Å². The number of nitrogens with one attached hydrogen (secondary N) is 3. The molecule has 1 aromatic carbocycles. The number of ether oxygens (including phenoxy) is 3. The topological polar surface area (TPSA) is 136 Å². The summed E-state index contributed by atoms with van der Waals surface area (Å²) in [5.74, 6) is -2.02. The summed E-state index contributed by atoms with van der Waals surface area (Å²) in [5.41, 5.74) is 0.886. The highest BCUT2D eigenvalue weighted by atomic mass is 16.6. The van der Waals surface area contributed by atoms with Crippen LogP contribution in [0.15, 0.2) is 53.6 Å². The average molecular weight is 484 g/mol. The summed E-state index contributed by atoms with van der Waals surface area (Å²) >= 11 is 0. The van der Waals surface area contributed by atoms with E-state index < -0.39 is 35.2 Å². The molecule has 0 fully saturated rings. The van der Waals surface area contributed by atoms with Crippen LogP contribution >= 0.6 is 0 Å². The SMILES string of the molecule is COC1=CC(=O)C(OC)=C(CNC(=O)[C@H](Cc2c[nH]c3ccccc23)NC(=O)OC(C)(C)C)C1=O. The van der Waals surface area contributed by atoms with Gasteiger partial charge >= 0.3 is 6.09 Å². The van der Waals surface area contributed by atoms with E-state index in [-0.39, 0.29) is 30.1 Å². The molecule has 2 amide bonds. The zero-order chi connectivity index (χ0) is 25.8. The van der Waals surface area contributed by atoms with Crippen LogP contribution in [0, 0.1) is 0 Å². The number of aromatic amines is 1. The first-order valence-electron chi connectivity index (χ1n) is 11.0. The van der Waals surface area contributed by atoms with Crippen LogP contribution in [0.2, 0.25) is 0 Å². The van der Waals surface area contributed by atoms with Crippen molar-refractivity contribution in [3.63, 3.8) is 0 Å². The summed E-state index contributed by atoms with van der Waals surface area (Å²) in [4.78, 5) is 53.7. The molecule has 0 radical (unpaired) electrons. The Morgan fingerprint density at radius 3 is 2.46 bits per heavy atom. The van der Waals surface area contributed by atoms with Gasteiger partial charge in [0.25, 0.3) is 0 Å². The van der Waals surface area contributed by atoms with Crippen molar-refractivity contribution < 1.29 is 33.4 Å². The number of carbonyl (C=O) groups is 4. The Hall–Kier alpha value is -4.08. The van der Waals surface area contributed by atoms with Crippen molar-refractivity contribution in [1.29, 1.82) is 0 Å². The highest BCUT2D eigenvalue weighted by Crippen LogP contribution is 2.21. The van der Waals surface area contributed by atoms with E-state index in [0.29, 0.717) is 0 Å². The largest absolute Gasteiger partial charge is 0.492 e. The zero-order valence-corrected chi connectivity index (χ0v) is 20.3. The van der Waals surface area contributed by atoms with Gasteiger partial charge in [-0.1, -0.05) is 18.2 Å². The van der Waals surface area contributed by atoms with Crippen LogP contribution in [0.25, 0.3) is 10.9 Å². The van der Waals surface area contributed by atoms with Gasteiger partial charge in [-0.2, -0.15) is 0 Å². The lowest BCUT2D eigenvalue weighted by molar-refractivity contribution is -0.123. The number of Topliss-reactive ketones (excluding diaryl/α,β-unsaturated/α-hetero) is 1. The summed E-state index contributed by atoms with van der Waals surface area (Å²) in [6, 6.07) is 6.55. The minimum Gasteiger partial charge on any atom is -0.492 e. The van der Waals surface area contributed by atoms with Gasteiger partial charge in [0.05, 0.1) is 26.3 Å². The molecule has 1 aliphatic carbocycles. The number of para-hydroxylation sites is 1. The van der Waals surface area contributed by atoms with Crippen LogP contribution in [0.4, 0.5) is 4.79 Å². The van der Waals surface area contributed by atoms with Crippen molar-refractivity contribution in [1.82, 2.24) is 15.6 Å². The molecule has 10 nitrogen and oxygen atoms in total. The van der Waals surface area contributed by atoms with Crippen molar-refractivity contribution in [3.05, 3.63) is 59.2 Å². The molecule has 3 rings (SSSR count). The lowest BCUT2D eigenvalue weighted by Crippen LogP contribution is -2.50. The second kappa shape index (κ2) is 10.5. The summed E-state index contributed by atoms with van der Waals surface area (Å²) in [6.45, 7) is 4.85. The number of hydrogen-bond donors (Lipinski definition) is 3. The number of H-pyrrole nitrogens is 1. The second-order valence-corrected chi connectivity index (χ2v) is 8.90. The summed E-state index contributed by atoms with van der Waals surface area (Å²) in [7, 11) is 2.53. The Morgan fingerprint density at radius 1 is 1.09 bits per heavy atom. The summed E-state index contributed by atoms with van der Waals surface area (Å²) in [5, 5.41) is 6.14. The third-order valence-corrected chi connectivity index (χ3v) is 5.23. The lowest BCUT2D eigenvalue weighted by Gasteiger charge is -2.24. The van der Waals surface area contributed by atoms with Crippen molar-refractivity contribution in [2.75, 3.05) is 20.8 Å². The normalized spacial score (nSPS) is 14.9. The fraction of sp³-hybridized carbons (Fsp3) is 0.360. The monoisotopic (exact) mass is 483 g/mol. The molecule has 1 aliphatic rings. The van der Waals surface area contributed by atoms with Crippen molar-refractivity contribution in [3.8, 4) is 0 Å². The maximum Gasteiger partial charge on any atom is 0.408 e. The Morgan fingerprint density at radius 2 is 1.80 bits per heavy atom. The molecule has 1 atom stereocenters. The zero-order valence-electron chi connectivity index (χ0n) is 20.3. The maximum atomic E-state index is 13.2. The van der Waals surface area contributed by atoms with E-state index in [0.717, 1.165) is 22.5 Å². The summed E-state index contributed by atoms with van der Waals surface area (Å²) in [6.07, 6.45) is 2.20. The van der Waals surface area contributed by atoms with E-state index in [2.05, 4.69) is 15.6 Å². The number of carbonyl (C=O) groups excluding carboxylic acids is 4. The van der Waals surface area contributed by atoms with E-state index >= 15 is 0 Å². The maximum absolute atomic E-state index is 13.2.